The van der Waals surface area contributed by atoms with Crippen LogP contribution in [0.25, 0.3) is 21.7 Å². The van der Waals surface area contributed by atoms with Crippen molar-refractivity contribution in [3.8, 4) is 10.6 Å². The van der Waals surface area contributed by atoms with Gasteiger partial charge in [0.15, 0.2) is 5.58 Å². The molecule has 0 radical (unpaired) electrons. The van der Waals surface area contributed by atoms with Gasteiger partial charge in [-0.2, -0.15) is 13.2 Å². The van der Waals surface area contributed by atoms with Gasteiger partial charge in [-0.3, -0.25) is 0 Å². The number of alkyl halides is 3. The standard InChI is InChI=1S/C30H37F3N4O2S/c1-28(2,38)22-12-21(26-34-7-10-40-26)25-24(23(22)30(31,32)33)35-27(39-25)29(13-19-6-4-9-37(15-19)17-29)20-11-18-5-3-8-36(14-18)16-20/h7,10,12,18-20,38H,3-6,8-9,11,13-17H2,1-2H3. The second-order valence-electron chi connectivity index (χ2n) is 13.2. The van der Waals surface area contributed by atoms with Gasteiger partial charge in [0.05, 0.1) is 22.1 Å². The van der Waals surface area contributed by atoms with Gasteiger partial charge in [0.2, 0.25) is 5.89 Å². The molecule has 4 fully saturated rings. The first-order valence-corrected chi connectivity index (χ1v) is 15.5. The molecule has 1 aromatic carbocycles. The lowest BCUT2D eigenvalue weighted by Crippen LogP contribution is -2.60. The maximum Gasteiger partial charge on any atom is 0.419 e. The van der Waals surface area contributed by atoms with Crippen LogP contribution >= 0.6 is 11.3 Å². The van der Waals surface area contributed by atoms with E-state index in [4.69, 9.17) is 9.40 Å². The summed E-state index contributed by atoms with van der Waals surface area (Å²) in [6.07, 6.45) is 3.62. The molecule has 6 atom stereocenters. The predicted molar refractivity (Wildman–Crippen MR) is 148 cm³/mol. The number of thiazole rings is 1. The second kappa shape index (κ2) is 9.51. The molecular formula is C30H37F3N4O2S. The lowest BCUT2D eigenvalue weighted by Gasteiger charge is -2.54. The van der Waals surface area contributed by atoms with E-state index in [2.05, 4.69) is 14.8 Å². The molecule has 3 aromatic rings. The van der Waals surface area contributed by atoms with Crippen molar-refractivity contribution in [3.63, 3.8) is 0 Å². The monoisotopic (exact) mass is 574 g/mol. The first kappa shape index (κ1) is 26.9. The molecule has 0 spiro atoms. The van der Waals surface area contributed by atoms with Gasteiger partial charge in [-0.15, -0.1) is 11.3 Å². The zero-order chi connectivity index (χ0) is 27.9. The van der Waals surface area contributed by atoms with Crippen molar-refractivity contribution >= 4 is 22.4 Å². The Hall–Kier alpha value is -2.01. The minimum Gasteiger partial charge on any atom is -0.439 e. The molecule has 4 saturated heterocycles. The Balaban J connectivity index is 1.47. The van der Waals surface area contributed by atoms with E-state index in [1.54, 1.807) is 11.6 Å². The Morgan fingerprint density at radius 2 is 1.82 bits per heavy atom. The van der Waals surface area contributed by atoms with Crippen LogP contribution < -0.4 is 0 Å². The molecule has 4 aliphatic rings. The lowest BCUT2D eigenvalue weighted by atomic mass is 9.61. The molecule has 0 saturated carbocycles. The summed E-state index contributed by atoms with van der Waals surface area (Å²) in [5.41, 5.74) is -2.89. The van der Waals surface area contributed by atoms with Crippen LogP contribution in [0.15, 0.2) is 22.1 Å². The number of oxazole rings is 1. The topological polar surface area (TPSA) is 65.6 Å². The summed E-state index contributed by atoms with van der Waals surface area (Å²) in [4.78, 5) is 14.3. The molecule has 0 amide bonds. The highest BCUT2D eigenvalue weighted by Crippen LogP contribution is 2.52. The highest BCUT2D eigenvalue weighted by atomic mass is 32.1. The molecule has 10 heteroatoms. The number of nitrogens with zero attached hydrogens (tertiary/aromatic N) is 4. The number of rotatable bonds is 4. The Labute approximate surface area is 236 Å². The largest absolute Gasteiger partial charge is 0.439 e. The summed E-state index contributed by atoms with van der Waals surface area (Å²) < 4.78 is 51.1. The Morgan fingerprint density at radius 1 is 1.07 bits per heavy atom. The summed E-state index contributed by atoms with van der Waals surface area (Å²) in [7, 11) is 0. The third kappa shape index (κ3) is 4.50. The Morgan fingerprint density at radius 3 is 2.50 bits per heavy atom. The SMILES string of the molecule is CC(C)(O)c1cc(-c2nccs2)c2oc(C3(C4CC5CCCN(C5)C4)CC4CCCN(C4)C3)nc2c1C(F)(F)F. The maximum absolute atomic E-state index is 14.8. The third-order valence-electron chi connectivity index (χ3n) is 9.94. The van der Waals surface area contributed by atoms with Crippen LogP contribution in [0.5, 0.6) is 0 Å². The van der Waals surface area contributed by atoms with Gasteiger partial charge < -0.3 is 19.3 Å². The summed E-state index contributed by atoms with van der Waals surface area (Å²) in [6, 6.07) is 1.42. The van der Waals surface area contributed by atoms with Crippen LogP contribution in [0, 0.1) is 17.8 Å². The van der Waals surface area contributed by atoms with E-state index in [-0.39, 0.29) is 22.6 Å². The van der Waals surface area contributed by atoms with Crippen LogP contribution in [0.3, 0.4) is 0 Å². The number of hydrogen-bond acceptors (Lipinski definition) is 7. The summed E-state index contributed by atoms with van der Waals surface area (Å²) in [6.45, 7) is 8.76. The Bertz CT molecular complexity index is 1370. The minimum absolute atomic E-state index is 0.131. The molecule has 4 aliphatic heterocycles. The lowest BCUT2D eigenvalue weighted by molar-refractivity contribution is -0.139. The summed E-state index contributed by atoms with van der Waals surface area (Å²) >= 11 is 1.34. The number of piperidine rings is 4. The minimum atomic E-state index is -4.71. The number of hydrogen-bond donors (Lipinski definition) is 1. The van der Waals surface area contributed by atoms with Gasteiger partial charge in [-0.25, -0.2) is 9.97 Å². The van der Waals surface area contributed by atoms with Crippen molar-refractivity contribution in [2.24, 2.45) is 17.8 Å². The normalized spacial score (nSPS) is 32.9. The van der Waals surface area contributed by atoms with Gasteiger partial charge in [0.25, 0.3) is 0 Å². The number of benzene rings is 1. The molecular weight excluding hydrogens is 537 g/mol. The van der Waals surface area contributed by atoms with Crippen molar-refractivity contribution < 1.29 is 22.7 Å². The van der Waals surface area contributed by atoms with Gasteiger partial charge in [0.1, 0.15) is 10.5 Å². The van der Waals surface area contributed by atoms with E-state index in [0.717, 1.165) is 65.0 Å². The summed E-state index contributed by atoms with van der Waals surface area (Å²) in [5, 5.41) is 13.3. The van der Waals surface area contributed by atoms with Gasteiger partial charge >= 0.3 is 6.18 Å². The van der Waals surface area contributed by atoms with Crippen LogP contribution in [-0.2, 0) is 17.2 Å². The average molecular weight is 575 g/mol. The fraction of sp³-hybridized carbons (Fsp3) is 0.667. The smallest absolute Gasteiger partial charge is 0.419 e. The molecule has 1 N–H and O–H groups in total. The fourth-order valence-corrected chi connectivity index (χ4v) is 8.99. The maximum atomic E-state index is 14.8. The second-order valence-corrected chi connectivity index (χ2v) is 14.1. The van der Waals surface area contributed by atoms with E-state index >= 15 is 0 Å². The highest BCUT2D eigenvalue weighted by molar-refractivity contribution is 7.13. The quantitative estimate of drug-likeness (QED) is 0.396. The van der Waals surface area contributed by atoms with Crippen LogP contribution in [0.2, 0.25) is 0 Å². The molecule has 7 rings (SSSR count). The molecule has 216 valence electrons. The van der Waals surface area contributed by atoms with Crippen molar-refractivity contribution in [2.75, 3.05) is 39.3 Å². The van der Waals surface area contributed by atoms with Gasteiger partial charge in [-0.05, 0) is 94.8 Å². The van der Waals surface area contributed by atoms with Crippen molar-refractivity contribution in [1.82, 2.24) is 19.8 Å². The number of aliphatic hydroxyl groups is 1. The van der Waals surface area contributed by atoms with E-state index in [1.807, 2.05) is 0 Å². The first-order chi connectivity index (χ1) is 19.0. The molecule has 6 unspecified atom stereocenters. The summed E-state index contributed by atoms with van der Waals surface area (Å²) in [5.74, 6) is 1.82. The van der Waals surface area contributed by atoms with Crippen LogP contribution in [-0.4, -0.2) is 64.1 Å². The van der Waals surface area contributed by atoms with Crippen LogP contribution in [0.1, 0.15) is 69.4 Å². The number of halogens is 3. The van der Waals surface area contributed by atoms with E-state index in [1.165, 1.54) is 44.1 Å². The van der Waals surface area contributed by atoms with Crippen molar-refractivity contribution in [2.45, 2.75) is 69.6 Å². The molecule has 4 bridgehead atoms. The zero-order valence-corrected chi connectivity index (χ0v) is 24.0. The van der Waals surface area contributed by atoms with E-state index in [9.17, 15) is 18.3 Å². The van der Waals surface area contributed by atoms with Crippen molar-refractivity contribution in [3.05, 3.63) is 34.7 Å². The molecule has 0 aliphatic carbocycles. The average Bonchev–Trinajstić information content (AvgIpc) is 3.57. The fourth-order valence-electron chi connectivity index (χ4n) is 8.34. The van der Waals surface area contributed by atoms with E-state index < -0.39 is 22.8 Å². The number of aromatic nitrogens is 2. The first-order valence-electron chi connectivity index (χ1n) is 14.6. The van der Waals surface area contributed by atoms with Gasteiger partial charge in [0, 0.05) is 37.8 Å². The molecule has 6 nitrogen and oxygen atoms in total. The van der Waals surface area contributed by atoms with E-state index in [0.29, 0.717) is 28.3 Å². The van der Waals surface area contributed by atoms with Gasteiger partial charge in [-0.1, -0.05) is 0 Å². The van der Waals surface area contributed by atoms with Crippen LogP contribution in [0.4, 0.5) is 13.2 Å². The highest BCUT2D eigenvalue weighted by Gasteiger charge is 2.53. The predicted octanol–water partition coefficient (Wildman–Crippen LogP) is 6.28. The molecule has 6 heterocycles. The molecule has 2 aromatic heterocycles. The van der Waals surface area contributed by atoms with Crippen molar-refractivity contribution in [1.29, 1.82) is 0 Å². The number of fused-ring (bicyclic) bond motifs is 5. The third-order valence-corrected chi connectivity index (χ3v) is 10.7. The molecule has 40 heavy (non-hydrogen) atoms. The Kier molecular flexibility index (Phi) is 6.38. The zero-order valence-electron chi connectivity index (χ0n) is 23.1.